The SMILES string of the molecule is C#CC(CC)(CC)NC(=O)CSc1nc(C)nc2sc(C)c(C)c12. The number of terminal acetylenes is 1. The van der Waals surface area contributed by atoms with E-state index in [0.717, 1.165) is 33.9 Å². The van der Waals surface area contributed by atoms with Crippen LogP contribution in [0.1, 0.15) is 43.0 Å². The number of nitrogens with one attached hydrogen (secondary N) is 1. The maximum absolute atomic E-state index is 12.4. The van der Waals surface area contributed by atoms with Crippen molar-refractivity contribution in [1.82, 2.24) is 15.3 Å². The number of hydrogen-bond acceptors (Lipinski definition) is 5. The zero-order chi connectivity index (χ0) is 17.9. The monoisotopic (exact) mass is 361 g/mol. The number of thiophene rings is 1. The zero-order valence-corrected chi connectivity index (χ0v) is 16.5. The van der Waals surface area contributed by atoms with Gasteiger partial charge in [0.2, 0.25) is 5.91 Å². The van der Waals surface area contributed by atoms with Crippen molar-refractivity contribution >= 4 is 39.2 Å². The van der Waals surface area contributed by atoms with Crippen LogP contribution in [0.5, 0.6) is 0 Å². The molecule has 0 bridgehead atoms. The number of carbonyl (C=O) groups is 1. The average molecular weight is 362 g/mol. The van der Waals surface area contributed by atoms with Crippen LogP contribution in [-0.2, 0) is 4.79 Å². The van der Waals surface area contributed by atoms with Crippen LogP contribution in [-0.4, -0.2) is 27.2 Å². The molecule has 2 aromatic heterocycles. The highest BCUT2D eigenvalue weighted by Crippen LogP contribution is 2.35. The molecule has 0 atom stereocenters. The van der Waals surface area contributed by atoms with Gasteiger partial charge in [-0.1, -0.05) is 31.5 Å². The summed E-state index contributed by atoms with van der Waals surface area (Å²) in [5.41, 5.74) is 0.640. The van der Waals surface area contributed by atoms with E-state index < -0.39 is 5.54 Å². The lowest BCUT2D eigenvalue weighted by atomic mass is 9.94. The van der Waals surface area contributed by atoms with E-state index in [1.54, 1.807) is 11.3 Å². The Morgan fingerprint density at radius 3 is 2.54 bits per heavy atom. The highest BCUT2D eigenvalue weighted by Gasteiger charge is 2.25. The van der Waals surface area contributed by atoms with Crippen molar-refractivity contribution in [3.63, 3.8) is 0 Å². The first-order valence-corrected chi connectivity index (χ1v) is 9.82. The fourth-order valence-electron chi connectivity index (χ4n) is 2.52. The van der Waals surface area contributed by atoms with Crippen LogP contribution in [0.2, 0.25) is 0 Å². The van der Waals surface area contributed by atoms with Gasteiger partial charge in [-0.05, 0) is 39.2 Å². The lowest BCUT2D eigenvalue weighted by Gasteiger charge is -2.26. The van der Waals surface area contributed by atoms with Crippen molar-refractivity contribution in [2.24, 2.45) is 0 Å². The van der Waals surface area contributed by atoms with Crippen LogP contribution < -0.4 is 5.32 Å². The van der Waals surface area contributed by atoms with Gasteiger partial charge in [0.15, 0.2) is 0 Å². The first-order chi connectivity index (χ1) is 11.4. The van der Waals surface area contributed by atoms with E-state index in [1.807, 2.05) is 20.8 Å². The standard InChI is InChI=1S/C18H23N3OS2/c1-7-18(8-2,9-3)21-14(22)10-23-16-15-11(4)12(5)24-17(15)20-13(6)19-16/h1H,8-10H2,2-6H3,(H,21,22). The van der Waals surface area contributed by atoms with E-state index >= 15 is 0 Å². The van der Waals surface area contributed by atoms with Gasteiger partial charge in [0.1, 0.15) is 21.2 Å². The van der Waals surface area contributed by atoms with E-state index in [2.05, 4.69) is 35.1 Å². The maximum Gasteiger partial charge on any atom is 0.231 e. The zero-order valence-electron chi connectivity index (χ0n) is 14.8. The minimum Gasteiger partial charge on any atom is -0.339 e. The minimum absolute atomic E-state index is 0.0596. The number of aryl methyl sites for hydroxylation is 3. The van der Waals surface area contributed by atoms with Crippen molar-refractivity contribution in [3.8, 4) is 12.3 Å². The predicted molar refractivity (Wildman–Crippen MR) is 103 cm³/mol. The first kappa shape index (κ1) is 18.8. The van der Waals surface area contributed by atoms with Crippen molar-refractivity contribution in [3.05, 3.63) is 16.3 Å². The summed E-state index contributed by atoms with van der Waals surface area (Å²) in [5, 5.41) is 4.93. The molecule has 4 nitrogen and oxygen atoms in total. The van der Waals surface area contributed by atoms with Crippen molar-refractivity contribution < 1.29 is 4.79 Å². The highest BCUT2D eigenvalue weighted by atomic mass is 32.2. The molecular formula is C18H23N3OS2. The molecule has 24 heavy (non-hydrogen) atoms. The van der Waals surface area contributed by atoms with E-state index in [1.165, 1.54) is 22.2 Å². The minimum atomic E-state index is -0.552. The Labute approximate surface area is 151 Å². The van der Waals surface area contributed by atoms with Gasteiger partial charge in [-0.15, -0.1) is 17.8 Å². The molecule has 2 rings (SSSR count). The second-order valence-electron chi connectivity index (χ2n) is 5.81. The van der Waals surface area contributed by atoms with E-state index in [4.69, 9.17) is 6.42 Å². The van der Waals surface area contributed by atoms with Gasteiger partial charge in [0.25, 0.3) is 0 Å². The number of hydrogen-bond donors (Lipinski definition) is 1. The second kappa shape index (κ2) is 7.54. The molecular weight excluding hydrogens is 338 g/mol. The van der Waals surface area contributed by atoms with Gasteiger partial charge >= 0.3 is 0 Å². The first-order valence-electron chi connectivity index (χ1n) is 8.01. The molecule has 0 saturated heterocycles. The van der Waals surface area contributed by atoms with Gasteiger partial charge in [-0.25, -0.2) is 9.97 Å². The molecule has 1 amide bonds. The summed E-state index contributed by atoms with van der Waals surface area (Å²) >= 11 is 3.12. The largest absolute Gasteiger partial charge is 0.339 e. The molecule has 0 aliphatic rings. The molecule has 0 aliphatic carbocycles. The topological polar surface area (TPSA) is 54.9 Å². The Balaban J connectivity index is 2.19. The van der Waals surface area contributed by atoms with E-state index in [9.17, 15) is 4.79 Å². The lowest BCUT2D eigenvalue weighted by molar-refractivity contribution is -0.119. The van der Waals surface area contributed by atoms with Crippen LogP contribution in [0.15, 0.2) is 5.03 Å². The summed E-state index contributed by atoms with van der Waals surface area (Å²) in [6, 6.07) is 0. The number of aromatic nitrogens is 2. The molecule has 2 aromatic rings. The molecule has 0 aliphatic heterocycles. The third kappa shape index (κ3) is 3.73. The fraction of sp³-hybridized carbons (Fsp3) is 0.500. The van der Waals surface area contributed by atoms with Gasteiger partial charge in [0.05, 0.1) is 5.75 Å². The van der Waals surface area contributed by atoms with E-state index in [-0.39, 0.29) is 5.91 Å². The van der Waals surface area contributed by atoms with Crippen LogP contribution in [0.3, 0.4) is 0 Å². The normalized spacial score (nSPS) is 11.5. The van der Waals surface area contributed by atoms with Crippen molar-refractivity contribution in [1.29, 1.82) is 0 Å². The summed E-state index contributed by atoms with van der Waals surface area (Å²) in [7, 11) is 0. The number of thioether (sulfide) groups is 1. The van der Waals surface area contributed by atoms with Gasteiger partial charge < -0.3 is 5.32 Å². The Bertz CT molecular complexity index is 801. The van der Waals surface area contributed by atoms with Crippen LogP contribution in [0.4, 0.5) is 0 Å². The Hall–Kier alpha value is -1.58. The molecule has 6 heteroatoms. The number of nitrogens with zero attached hydrogens (tertiary/aromatic N) is 2. The summed E-state index contributed by atoms with van der Waals surface area (Å²) in [5.74, 6) is 3.69. The molecule has 1 N–H and O–H groups in total. The quantitative estimate of drug-likeness (QED) is 0.480. The number of carbonyl (C=O) groups excluding carboxylic acids is 1. The fourth-order valence-corrected chi connectivity index (χ4v) is 4.59. The number of rotatable bonds is 6. The molecule has 128 valence electrons. The second-order valence-corrected chi connectivity index (χ2v) is 7.98. The maximum atomic E-state index is 12.4. The average Bonchev–Trinajstić information content (AvgIpc) is 2.84. The summed E-state index contributed by atoms with van der Waals surface area (Å²) in [4.78, 5) is 23.6. The smallest absolute Gasteiger partial charge is 0.231 e. The van der Waals surface area contributed by atoms with Crippen LogP contribution in [0, 0.1) is 33.1 Å². The summed E-state index contributed by atoms with van der Waals surface area (Å²) < 4.78 is 0. The number of amides is 1. The van der Waals surface area contributed by atoms with Crippen LogP contribution in [0.25, 0.3) is 10.2 Å². The molecule has 0 unspecified atom stereocenters. The third-order valence-electron chi connectivity index (χ3n) is 4.31. The lowest BCUT2D eigenvalue weighted by Crippen LogP contribution is -2.47. The molecule has 0 fully saturated rings. The highest BCUT2D eigenvalue weighted by molar-refractivity contribution is 8.00. The molecule has 0 aromatic carbocycles. The Kier molecular flexibility index (Phi) is 5.89. The van der Waals surface area contributed by atoms with Gasteiger partial charge in [-0.3, -0.25) is 4.79 Å². The van der Waals surface area contributed by atoms with Gasteiger partial charge in [0, 0.05) is 10.3 Å². The number of fused-ring (bicyclic) bond motifs is 1. The van der Waals surface area contributed by atoms with E-state index in [0.29, 0.717) is 5.75 Å². The summed E-state index contributed by atoms with van der Waals surface area (Å²) in [6.07, 6.45) is 7.05. The molecule has 0 spiro atoms. The van der Waals surface area contributed by atoms with Gasteiger partial charge in [-0.2, -0.15) is 0 Å². The molecule has 0 saturated carbocycles. The Morgan fingerprint density at radius 2 is 1.96 bits per heavy atom. The Morgan fingerprint density at radius 1 is 1.29 bits per heavy atom. The van der Waals surface area contributed by atoms with Crippen molar-refractivity contribution in [2.75, 3.05) is 5.75 Å². The molecule has 2 heterocycles. The molecule has 0 radical (unpaired) electrons. The predicted octanol–water partition coefficient (Wildman–Crippen LogP) is 4.02. The summed E-state index contributed by atoms with van der Waals surface area (Å²) in [6.45, 7) is 10.0. The van der Waals surface area contributed by atoms with Crippen LogP contribution >= 0.6 is 23.1 Å². The van der Waals surface area contributed by atoms with Crippen molar-refractivity contribution in [2.45, 2.75) is 58.0 Å². The third-order valence-corrected chi connectivity index (χ3v) is 6.39.